The first kappa shape index (κ1) is 21.6. The number of carbonyl (C=O) groups is 3. The van der Waals surface area contributed by atoms with Crippen molar-refractivity contribution in [3.8, 4) is 0 Å². The fourth-order valence-corrected chi connectivity index (χ4v) is 3.12. The first-order valence-corrected chi connectivity index (χ1v) is 9.29. The van der Waals surface area contributed by atoms with Crippen LogP contribution >= 0.6 is 11.6 Å². The van der Waals surface area contributed by atoms with Crippen LogP contribution in [0.1, 0.15) is 51.4 Å². The summed E-state index contributed by atoms with van der Waals surface area (Å²) >= 11 is 6.07. The van der Waals surface area contributed by atoms with Crippen LogP contribution in [0.5, 0.6) is 0 Å². The Morgan fingerprint density at radius 1 is 1.18 bits per heavy atom. The number of hydrogen-bond donors (Lipinski definition) is 1. The molecule has 0 fully saturated rings. The fourth-order valence-electron chi connectivity index (χ4n) is 2.76. The molecule has 1 amide bonds. The molecule has 28 heavy (non-hydrogen) atoms. The Kier molecular flexibility index (Phi) is 7.29. The molecule has 6 nitrogen and oxygen atoms in total. The third-order valence-electron chi connectivity index (χ3n) is 4.18. The van der Waals surface area contributed by atoms with Gasteiger partial charge in [-0.1, -0.05) is 35.9 Å². The Morgan fingerprint density at radius 3 is 2.39 bits per heavy atom. The van der Waals surface area contributed by atoms with E-state index < -0.39 is 12.1 Å². The Hall–Kier alpha value is -2.73. The van der Waals surface area contributed by atoms with Crippen LogP contribution in [0.2, 0.25) is 5.15 Å². The number of nitrogens with one attached hydrogen (secondary N) is 1. The number of nitrogens with zero attached hydrogens (tertiary/aromatic N) is 1. The summed E-state index contributed by atoms with van der Waals surface area (Å²) in [6, 6.07) is 8.72. The van der Waals surface area contributed by atoms with Crippen molar-refractivity contribution >= 4 is 29.3 Å². The van der Waals surface area contributed by atoms with Crippen molar-refractivity contribution in [3.05, 3.63) is 63.4 Å². The number of ketones is 1. The molecule has 0 aliphatic heterocycles. The highest BCUT2D eigenvalue weighted by molar-refractivity contribution is 6.32. The van der Waals surface area contributed by atoms with E-state index >= 15 is 0 Å². The average molecular weight is 403 g/mol. The minimum Gasteiger partial charge on any atom is -0.451 e. The lowest BCUT2D eigenvalue weighted by Crippen LogP contribution is -2.25. The van der Waals surface area contributed by atoms with E-state index in [1.165, 1.54) is 13.8 Å². The normalized spacial score (nSPS) is 11.6. The van der Waals surface area contributed by atoms with Crippen LogP contribution in [-0.2, 0) is 16.0 Å². The van der Waals surface area contributed by atoms with Gasteiger partial charge in [-0.3, -0.25) is 9.59 Å². The molecule has 0 aliphatic rings. The van der Waals surface area contributed by atoms with Gasteiger partial charge in [0.05, 0.1) is 5.56 Å². The van der Waals surface area contributed by atoms with Gasteiger partial charge >= 0.3 is 5.97 Å². The summed E-state index contributed by atoms with van der Waals surface area (Å²) < 4.78 is 5.32. The number of rotatable bonds is 7. The lowest BCUT2D eigenvalue weighted by atomic mass is 10.0. The van der Waals surface area contributed by atoms with Gasteiger partial charge in [-0.25, -0.2) is 9.78 Å². The maximum absolute atomic E-state index is 12.6. The summed E-state index contributed by atoms with van der Waals surface area (Å²) in [5.41, 5.74) is 2.93. The van der Waals surface area contributed by atoms with E-state index in [0.29, 0.717) is 29.8 Å². The summed E-state index contributed by atoms with van der Waals surface area (Å²) in [4.78, 5) is 40.0. The quantitative estimate of drug-likeness (QED) is 0.435. The number of amides is 1. The molecule has 0 spiro atoms. The van der Waals surface area contributed by atoms with E-state index in [1.807, 2.05) is 12.1 Å². The van der Waals surface area contributed by atoms with Crippen LogP contribution in [0.4, 0.5) is 0 Å². The monoisotopic (exact) mass is 402 g/mol. The zero-order valence-corrected chi connectivity index (χ0v) is 17.1. The lowest BCUT2D eigenvalue weighted by Gasteiger charge is -2.14. The highest BCUT2D eigenvalue weighted by Crippen LogP contribution is 2.21. The fraction of sp³-hybridized carbons (Fsp3) is 0.333. The number of esters is 1. The predicted octanol–water partition coefficient (Wildman–Crippen LogP) is 3.46. The van der Waals surface area contributed by atoms with E-state index in [4.69, 9.17) is 16.3 Å². The first-order chi connectivity index (χ1) is 13.2. The van der Waals surface area contributed by atoms with Gasteiger partial charge in [0.15, 0.2) is 6.10 Å². The summed E-state index contributed by atoms with van der Waals surface area (Å²) in [6.07, 6.45) is -0.300. The van der Waals surface area contributed by atoms with E-state index in [2.05, 4.69) is 10.3 Å². The Bertz CT molecular complexity index is 871. The second-order valence-electron chi connectivity index (χ2n) is 6.59. The third-order valence-corrected chi connectivity index (χ3v) is 4.46. The summed E-state index contributed by atoms with van der Waals surface area (Å²) in [6.45, 7) is 7.03. The Morgan fingerprint density at radius 2 is 1.82 bits per heavy atom. The lowest BCUT2D eigenvalue weighted by molar-refractivity contribution is -0.118. The topological polar surface area (TPSA) is 85.4 Å². The van der Waals surface area contributed by atoms with E-state index in [0.717, 1.165) is 5.56 Å². The Balaban J connectivity index is 2.02. The van der Waals surface area contributed by atoms with Gasteiger partial charge < -0.3 is 10.1 Å². The van der Waals surface area contributed by atoms with Crippen LogP contribution in [0, 0.1) is 13.8 Å². The van der Waals surface area contributed by atoms with Gasteiger partial charge in [0, 0.05) is 24.7 Å². The van der Waals surface area contributed by atoms with E-state index in [1.54, 1.807) is 32.0 Å². The maximum Gasteiger partial charge on any atom is 0.342 e. The largest absolute Gasteiger partial charge is 0.451 e. The number of benzene rings is 1. The molecule has 0 saturated heterocycles. The molecule has 0 saturated carbocycles. The number of carbonyl (C=O) groups excluding carboxylic acids is 3. The van der Waals surface area contributed by atoms with Crippen LogP contribution < -0.4 is 5.32 Å². The van der Waals surface area contributed by atoms with Crippen molar-refractivity contribution in [1.82, 2.24) is 10.3 Å². The minimum absolute atomic E-state index is 0.0608. The Labute approximate surface area is 169 Å². The molecule has 2 rings (SSSR count). The van der Waals surface area contributed by atoms with E-state index in [9.17, 15) is 14.4 Å². The molecule has 0 aliphatic carbocycles. The zero-order chi connectivity index (χ0) is 20.8. The minimum atomic E-state index is -0.963. The highest BCUT2D eigenvalue weighted by atomic mass is 35.5. The average Bonchev–Trinajstić information content (AvgIpc) is 2.60. The van der Waals surface area contributed by atoms with Crippen LogP contribution in [-0.4, -0.2) is 35.3 Å². The SMILES string of the molecule is CC(=O)NCCc1ccc(C(=O)[C@H](C)OC(=O)c2c(C)cc(C)nc2Cl)cc1. The summed E-state index contributed by atoms with van der Waals surface area (Å²) in [7, 11) is 0. The smallest absolute Gasteiger partial charge is 0.342 e. The number of pyridine rings is 1. The van der Waals surface area contributed by atoms with Crippen LogP contribution in [0.3, 0.4) is 0 Å². The molecular formula is C21H23ClN2O4. The highest BCUT2D eigenvalue weighted by Gasteiger charge is 2.23. The molecule has 7 heteroatoms. The molecule has 1 atom stereocenters. The number of ether oxygens (including phenoxy) is 1. The number of hydrogen-bond acceptors (Lipinski definition) is 5. The number of halogens is 1. The molecular weight excluding hydrogens is 380 g/mol. The summed E-state index contributed by atoms with van der Waals surface area (Å²) in [5, 5.41) is 2.78. The van der Waals surface area contributed by atoms with Gasteiger partial charge in [0.25, 0.3) is 0 Å². The molecule has 1 aromatic heterocycles. The molecule has 0 unspecified atom stereocenters. The van der Waals surface area contributed by atoms with Crippen molar-refractivity contribution in [2.75, 3.05) is 6.54 Å². The molecule has 1 N–H and O–H groups in total. The molecule has 0 radical (unpaired) electrons. The maximum atomic E-state index is 12.6. The molecule has 148 valence electrons. The van der Waals surface area contributed by atoms with Gasteiger partial charge in [-0.05, 0) is 44.4 Å². The van der Waals surface area contributed by atoms with Gasteiger partial charge in [-0.15, -0.1) is 0 Å². The molecule has 1 heterocycles. The van der Waals surface area contributed by atoms with Crippen molar-refractivity contribution in [1.29, 1.82) is 0 Å². The zero-order valence-electron chi connectivity index (χ0n) is 16.3. The second kappa shape index (κ2) is 9.46. The number of Topliss-reactive ketones (excluding diaryl/α,β-unsaturated/α-hetero) is 1. The summed E-state index contributed by atoms with van der Waals surface area (Å²) in [5.74, 6) is -1.07. The predicted molar refractivity (Wildman–Crippen MR) is 107 cm³/mol. The van der Waals surface area contributed by atoms with Crippen LogP contribution in [0.25, 0.3) is 0 Å². The van der Waals surface area contributed by atoms with Crippen molar-refractivity contribution in [2.45, 2.75) is 40.2 Å². The number of aromatic nitrogens is 1. The second-order valence-corrected chi connectivity index (χ2v) is 6.95. The standard InChI is InChI=1S/C21H23ClN2O4/c1-12-11-13(2)24-20(22)18(12)21(27)28-14(3)19(26)17-7-5-16(6-8-17)9-10-23-15(4)25/h5-8,11,14H,9-10H2,1-4H3,(H,23,25)/t14-/m0/s1. The van der Waals surface area contributed by atoms with Gasteiger partial charge in [0.2, 0.25) is 11.7 Å². The molecule has 1 aromatic carbocycles. The van der Waals surface area contributed by atoms with E-state index in [-0.39, 0.29) is 22.4 Å². The van der Waals surface area contributed by atoms with Crippen molar-refractivity contribution in [3.63, 3.8) is 0 Å². The number of aryl methyl sites for hydroxylation is 2. The first-order valence-electron chi connectivity index (χ1n) is 8.91. The third kappa shape index (κ3) is 5.63. The van der Waals surface area contributed by atoms with Gasteiger partial charge in [-0.2, -0.15) is 0 Å². The van der Waals surface area contributed by atoms with Crippen molar-refractivity contribution < 1.29 is 19.1 Å². The molecule has 2 aromatic rings. The van der Waals surface area contributed by atoms with Crippen LogP contribution in [0.15, 0.2) is 30.3 Å². The van der Waals surface area contributed by atoms with Crippen molar-refractivity contribution in [2.24, 2.45) is 0 Å². The molecule has 0 bridgehead atoms. The van der Waals surface area contributed by atoms with Gasteiger partial charge in [0.1, 0.15) is 5.15 Å².